The first kappa shape index (κ1) is 18.7. The Labute approximate surface area is 169 Å². The van der Waals surface area contributed by atoms with E-state index in [4.69, 9.17) is 23.2 Å². The summed E-state index contributed by atoms with van der Waals surface area (Å²) < 4.78 is 0. The molecule has 1 unspecified atom stereocenters. The van der Waals surface area contributed by atoms with Crippen molar-refractivity contribution in [2.75, 3.05) is 0 Å². The highest BCUT2D eigenvalue weighted by atomic mass is 35.5. The van der Waals surface area contributed by atoms with Gasteiger partial charge in [0.15, 0.2) is 0 Å². The summed E-state index contributed by atoms with van der Waals surface area (Å²) in [6, 6.07) is 26.2. The standard InChI is InChI=1S/C22H15Cl2N.ClH/c23-18-9-6-16(7-10-18)22(24)17-8-11-21-20(14-17)19(12-13-25-21)15-4-2-1-3-5-15;/h1-14,22H;1H. The van der Waals surface area contributed by atoms with Gasteiger partial charge < -0.3 is 0 Å². The second-order valence-corrected chi connectivity index (χ2v) is 6.79. The van der Waals surface area contributed by atoms with Gasteiger partial charge in [-0.1, -0.05) is 60.1 Å². The summed E-state index contributed by atoms with van der Waals surface area (Å²) in [6.45, 7) is 0. The number of benzene rings is 3. The van der Waals surface area contributed by atoms with E-state index in [2.05, 4.69) is 23.2 Å². The van der Waals surface area contributed by atoms with Crippen molar-refractivity contribution in [2.24, 2.45) is 0 Å². The molecular formula is C22H16Cl3N. The van der Waals surface area contributed by atoms with Crippen LogP contribution in [0.3, 0.4) is 0 Å². The minimum Gasteiger partial charge on any atom is -0.256 e. The molecule has 0 aliphatic rings. The zero-order valence-electron chi connectivity index (χ0n) is 13.8. The highest BCUT2D eigenvalue weighted by Gasteiger charge is 2.13. The second kappa shape index (κ2) is 8.09. The molecule has 1 nitrogen and oxygen atoms in total. The van der Waals surface area contributed by atoms with E-state index in [1.165, 1.54) is 5.56 Å². The molecule has 0 spiro atoms. The van der Waals surface area contributed by atoms with E-state index in [9.17, 15) is 0 Å². The molecule has 4 aromatic rings. The number of nitrogens with zero attached hydrogens (tertiary/aromatic N) is 1. The average Bonchev–Trinajstić information content (AvgIpc) is 2.68. The predicted octanol–water partition coefficient (Wildman–Crippen LogP) is 7.31. The molecular weight excluding hydrogens is 385 g/mol. The van der Waals surface area contributed by atoms with Crippen LogP contribution in [0.4, 0.5) is 0 Å². The lowest BCUT2D eigenvalue weighted by Gasteiger charge is -2.13. The maximum absolute atomic E-state index is 6.72. The van der Waals surface area contributed by atoms with E-state index in [0.717, 1.165) is 27.6 Å². The first-order valence-corrected chi connectivity index (χ1v) is 8.87. The molecule has 0 amide bonds. The molecule has 0 saturated carbocycles. The van der Waals surface area contributed by atoms with E-state index in [-0.39, 0.29) is 17.8 Å². The number of aromatic nitrogens is 1. The van der Waals surface area contributed by atoms with Crippen LogP contribution >= 0.6 is 35.6 Å². The predicted molar refractivity (Wildman–Crippen MR) is 114 cm³/mol. The summed E-state index contributed by atoms with van der Waals surface area (Å²) >= 11 is 12.7. The SMILES string of the molecule is Cl.Clc1ccc(C(Cl)c2ccc3nccc(-c4ccccc4)c3c2)cc1. The van der Waals surface area contributed by atoms with Gasteiger partial charge in [0.25, 0.3) is 0 Å². The monoisotopic (exact) mass is 399 g/mol. The van der Waals surface area contributed by atoms with Crippen LogP contribution in [0.25, 0.3) is 22.0 Å². The Kier molecular flexibility index (Phi) is 5.83. The van der Waals surface area contributed by atoms with Gasteiger partial charge in [0.2, 0.25) is 0 Å². The minimum atomic E-state index is -0.231. The maximum atomic E-state index is 6.72. The highest BCUT2D eigenvalue weighted by molar-refractivity contribution is 6.30. The molecule has 26 heavy (non-hydrogen) atoms. The molecule has 0 fully saturated rings. The molecule has 130 valence electrons. The Morgan fingerprint density at radius 3 is 2.19 bits per heavy atom. The molecule has 0 N–H and O–H groups in total. The molecule has 3 aromatic carbocycles. The number of fused-ring (bicyclic) bond motifs is 1. The lowest BCUT2D eigenvalue weighted by atomic mass is 9.97. The zero-order chi connectivity index (χ0) is 17.2. The van der Waals surface area contributed by atoms with Crippen LogP contribution in [-0.2, 0) is 0 Å². The summed E-state index contributed by atoms with van der Waals surface area (Å²) in [5.41, 5.74) is 5.36. The molecule has 0 saturated heterocycles. The number of halogens is 3. The summed E-state index contributed by atoms with van der Waals surface area (Å²) in [5.74, 6) is 0. The summed E-state index contributed by atoms with van der Waals surface area (Å²) in [5, 5.41) is 1.58. The van der Waals surface area contributed by atoms with E-state index >= 15 is 0 Å². The largest absolute Gasteiger partial charge is 0.256 e. The Morgan fingerprint density at radius 1 is 0.769 bits per heavy atom. The van der Waals surface area contributed by atoms with Crippen molar-refractivity contribution >= 4 is 46.5 Å². The van der Waals surface area contributed by atoms with E-state index < -0.39 is 0 Å². The zero-order valence-corrected chi connectivity index (χ0v) is 16.1. The number of hydrogen-bond acceptors (Lipinski definition) is 1. The van der Waals surface area contributed by atoms with Gasteiger partial charge in [-0.2, -0.15) is 0 Å². The Hall–Kier alpha value is -2.06. The molecule has 1 atom stereocenters. The molecule has 0 radical (unpaired) electrons. The third kappa shape index (κ3) is 3.71. The molecule has 1 aromatic heterocycles. The number of rotatable bonds is 3. The average molecular weight is 401 g/mol. The summed E-state index contributed by atoms with van der Waals surface area (Å²) in [4.78, 5) is 4.49. The first-order chi connectivity index (χ1) is 12.2. The molecule has 0 aliphatic carbocycles. The topological polar surface area (TPSA) is 12.9 Å². The molecule has 0 aliphatic heterocycles. The summed E-state index contributed by atoms with van der Waals surface area (Å²) in [7, 11) is 0. The van der Waals surface area contributed by atoms with E-state index in [1.807, 2.05) is 66.9 Å². The number of hydrogen-bond donors (Lipinski definition) is 0. The van der Waals surface area contributed by atoms with Gasteiger partial charge >= 0.3 is 0 Å². The molecule has 0 bridgehead atoms. The normalized spacial score (nSPS) is 11.8. The number of alkyl halides is 1. The fraction of sp³-hybridized carbons (Fsp3) is 0.0455. The van der Waals surface area contributed by atoms with Crippen LogP contribution in [-0.4, -0.2) is 4.98 Å². The fourth-order valence-corrected chi connectivity index (χ4v) is 3.42. The molecule has 4 heteroatoms. The van der Waals surface area contributed by atoms with Crippen LogP contribution in [0.2, 0.25) is 5.02 Å². The van der Waals surface area contributed by atoms with Crippen molar-refractivity contribution in [3.05, 3.63) is 101 Å². The van der Waals surface area contributed by atoms with Crippen molar-refractivity contribution in [1.82, 2.24) is 4.98 Å². The van der Waals surface area contributed by atoms with Crippen molar-refractivity contribution in [1.29, 1.82) is 0 Å². The third-order valence-corrected chi connectivity index (χ3v) is 5.06. The van der Waals surface area contributed by atoms with E-state index in [0.29, 0.717) is 5.02 Å². The maximum Gasteiger partial charge on any atom is 0.0835 e. The second-order valence-electron chi connectivity index (χ2n) is 5.92. The van der Waals surface area contributed by atoms with Crippen molar-refractivity contribution < 1.29 is 0 Å². The lowest BCUT2D eigenvalue weighted by molar-refractivity contribution is 1.14. The smallest absolute Gasteiger partial charge is 0.0835 e. The quantitative estimate of drug-likeness (QED) is 0.329. The Balaban J connectivity index is 0.00000196. The van der Waals surface area contributed by atoms with Crippen molar-refractivity contribution in [2.45, 2.75) is 5.38 Å². The van der Waals surface area contributed by atoms with Crippen molar-refractivity contribution in [3.8, 4) is 11.1 Å². The van der Waals surface area contributed by atoms with Gasteiger partial charge in [0.1, 0.15) is 0 Å². The van der Waals surface area contributed by atoms with Crippen molar-refractivity contribution in [3.63, 3.8) is 0 Å². The van der Waals surface area contributed by atoms with Gasteiger partial charge in [0, 0.05) is 16.6 Å². The fourth-order valence-electron chi connectivity index (χ4n) is 3.02. The molecule has 1 heterocycles. The van der Waals surface area contributed by atoms with Crippen LogP contribution < -0.4 is 0 Å². The number of pyridine rings is 1. The lowest BCUT2D eigenvalue weighted by Crippen LogP contribution is -1.94. The van der Waals surface area contributed by atoms with Crippen LogP contribution in [0, 0.1) is 0 Å². The van der Waals surface area contributed by atoms with E-state index in [1.54, 1.807) is 0 Å². The van der Waals surface area contributed by atoms with Crippen LogP contribution in [0.15, 0.2) is 85.1 Å². The summed E-state index contributed by atoms with van der Waals surface area (Å²) in [6.07, 6.45) is 1.85. The van der Waals surface area contributed by atoms with Gasteiger partial charge in [-0.25, -0.2) is 0 Å². The minimum absolute atomic E-state index is 0. The Bertz CT molecular complexity index is 1010. The molecule has 4 rings (SSSR count). The third-order valence-electron chi connectivity index (χ3n) is 4.31. The first-order valence-electron chi connectivity index (χ1n) is 8.06. The highest BCUT2D eigenvalue weighted by Crippen LogP contribution is 2.34. The van der Waals surface area contributed by atoms with Crippen LogP contribution in [0.1, 0.15) is 16.5 Å². The Morgan fingerprint density at radius 2 is 1.46 bits per heavy atom. The van der Waals surface area contributed by atoms with Gasteiger partial charge in [-0.15, -0.1) is 24.0 Å². The van der Waals surface area contributed by atoms with Gasteiger partial charge in [-0.05, 0) is 52.6 Å². The van der Waals surface area contributed by atoms with Crippen LogP contribution in [0.5, 0.6) is 0 Å². The van der Waals surface area contributed by atoms with Gasteiger partial charge in [-0.3, -0.25) is 4.98 Å². The van der Waals surface area contributed by atoms with Gasteiger partial charge in [0.05, 0.1) is 10.9 Å².